The van der Waals surface area contributed by atoms with E-state index in [1.54, 1.807) is 4.90 Å². The number of aliphatic carboxylic acids is 1. The molecule has 1 amide bonds. The van der Waals surface area contributed by atoms with Gasteiger partial charge in [0.15, 0.2) is 0 Å². The van der Waals surface area contributed by atoms with Crippen molar-refractivity contribution in [2.24, 2.45) is 17.8 Å². The van der Waals surface area contributed by atoms with Crippen molar-refractivity contribution in [3.05, 3.63) is 12.2 Å². The van der Waals surface area contributed by atoms with E-state index in [0.717, 1.165) is 19.3 Å². The summed E-state index contributed by atoms with van der Waals surface area (Å²) in [5.41, 5.74) is 0. The molecule has 0 bridgehead atoms. The largest absolute Gasteiger partial charge is 0.481 e. The highest BCUT2D eigenvalue weighted by Crippen LogP contribution is 2.27. The van der Waals surface area contributed by atoms with Gasteiger partial charge >= 0.3 is 5.97 Å². The van der Waals surface area contributed by atoms with Crippen molar-refractivity contribution in [1.29, 1.82) is 0 Å². The minimum Gasteiger partial charge on any atom is -0.481 e. The highest BCUT2D eigenvalue weighted by atomic mass is 16.4. The molecule has 1 aliphatic heterocycles. The van der Waals surface area contributed by atoms with E-state index < -0.39 is 11.9 Å². The van der Waals surface area contributed by atoms with Gasteiger partial charge in [-0.3, -0.25) is 9.59 Å². The van der Waals surface area contributed by atoms with Gasteiger partial charge in [0.25, 0.3) is 0 Å². The summed E-state index contributed by atoms with van der Waals surface area (Å²) in [4.78, 5) is 25.0. The maximum Gasteiger partial charge on any atom is 0.308 e. The lowest BCUT2D eigenvalue weighted by Crippen LogP contribution is -2.35. The van der Waals surface area contributed by atoms with Gasteiger partial charge in [0.2, 0.25) is 5.91 Å². The number of nitrogens with zero attached hydrogens (tertiary/aromatic N) is 1. The van der Waals surface area contributed by atoms with Crippen LogP contribution in [0.1, 0.15) is 26.2 Å². The second kappa shape index (κ2) is 4.90. The molecular weight excluding hydrogens is 218 g/mol. The van der Waals surface area contributed by atoms with Crippen molar-refractivity contribution in [3.63, 3.8) is 0 Å². The van der Waals surface area contributed by atoms with E-state index in [4.69, 9.17) is 5.11 Å². The van der Waals surface area contributed by atoms with Crippen molar-refractivity contribution in [2.45, 2.75) is 26.2 Å². The fraction of sp³-hybridized carbons (Fsp3) is 0.692. The minimum atomic E-state index is -0.781. The molecule has 1 aliphatic carbocycles. The van der Waals surface area contributed by atoms with E-state index in [-0.39, 0.29) is 17.7 Å². The Morgan fingerprint density at radius 2 is 2.06 bits per heavy atom. The highest BCUT2D eigenvalue weighted by molar-refractivity contribution is 5.81. The monoisotopic (exact) mass is 237 g/mol. The zero-order chi connectivity index (χ0) is 12.4. The second-order valence-corrected chi connectivity index (χ2v) is 5.15. The lowest BCUT2D eigenvalue weighted by Gasteiger charge is -2.24. The van der Waals surface area contributed by atoms with Crippen molar-refractivity contribution < 1.29 is 14.7 Å². The minimum absolute atomic E-state index is 0.0654. The van der Waals surface area contributed by atoms with Gasteiger partial charge in [0.05, 0.1) is 5.92 Å². The molecule has 0 saturated carbocycles. The second-order valence-electron chi connectivity index (χ2n) is 5.15. The Morgan fingerprint density at radius 3 is 2.59 bits per heavy atom. The molecule has 1 heterocycles. The molecule has 0 radical (unpaired) electrons. The summed E-state index contributed by atoms with van der Waals surface area (Å²) in [6.07, 6.45) is 6.83. The fourth-order valence-electron chi connectivity index (χ4n) is 2.74. The number of hydrogen-bond acceptors (Lipinski definition) is 2. The van der Waals surface area contributed by atoms with Crippen LogP contribution in [0.4, 0.5) is 0 Å². The van der Waals surface area contributed by atoms with Crippen molar-refractivity contribution in [2.75, 3.05) is 13.1 Å². The quantitative estimate of drug-likeness (QED) is 0.741. The summed E-state index contributed by atoms with van der Waals surface area (Å²) in [6, 6.07) is 0. The van der Waals surface area contributed by atoms with Gasteiger partial charge in [-0.15, -0.1) is 0 Å². The maximum absolute atomic E-state index is 12.2. The van der Waals surface area contributed by atoms with Crippen LogP contribution < -0.4 is 0 Å². The van der Waals surface area contributed by atoms with Crippen LogP contribution >= 0.6 is 0 Å². The molecule has 0 aromatic heterocycles. The summed E-state index contributed by atoms with van der Waals surface area (Å²) in [7, 11) is 0. The van der Waals surface area contributed by atoms with Crippen LogP contribution in [0.15, 0.2) is 12.2 Å². The van der Waals surface area contributed by atoms with E-state index in [2.05, 4.69) is 12.2 Å². The van der Waals surface area contributed by atoms with Crippen LogP contribution in [-0.4, -0.2) is 35.0 Å². The number of likely N-dealkylation sites (tertiary alicyclic amines) is 1. The summed E-state index contributed by atoms with van der Waals surface area (Å²) >= 11 is 0. The van der Waals surface area contributed by atoms with Crippen molar-refractivity contribution in [1.82, 2.24) is 4.90 Å². The number of carboxylic acids is 1. The van der Waals surface area contributed by atoms with E-state index in [9.17, 15) is 9.59 Å². The van der Waals surface area contributed by atoms with E-state index in [1.165, 1.54) is 0 Å². The number of amides is 1. The third-order valence-electron chi connectivity index (χ3n) is 3.86. The van der Waals surface area contributed by atoms with Crippen LogP contribution in [0, 0.1) is 17.8 Å². The summed E-state index contributed by atoms with van der Waals surface area (Å²) in [5, 5.41) is 9.04. The third-order valence-corrected chi connectivity index (χ3v) is 3.86. The molecule has 0 aromatic rings. The SMILES string of the molecule is CC1CN(C(=O)C2CC=CCC2)CC1C(=O)O. The Balaban J connectivity index is 1.97. The van der Waals surface area contributed by atoms with Gasteiger partial charge in [0, 0.05) is 19.0 Å². The molecule has 3 atom stereocenters. The molecular formula is C13H19NO3. The number of allylic oxidation sites excluding steroid dienone is 2. The van der Waals surface area contributed by atoms with Gasteiger partial charge in [0.1, 0.15) is 0 Å². The van der Waals surface area contributed by atoms with Crippen LogP contribution in [0.2, 0.25) is 0 Å². The van der Waals surface area contributed by atoms with Crippen LogP contribution in [0.3, 0.4) is 0 Å². The Hall–Kier alpha value is -1.32. The summed E-state index contributed by atoms with van der Waals surface area (Å²) < 4.78 is 0. The molecule has 2 rings (SSSR count). The molecule has 0 aromatic carbocycles. The molecule has 0 spiro atoms. The van der Waals surface area contributed by atoms with Crippen molar-refractivity contribution >= 4 is 11.9 Å². The Labute approximate surface area is 101 Å². The highest BCUT2D eigenvalue weighted by Gasteiger charge is 2.38. The predicted molar refractivity (Wildman–Crippen MR) is 63.4 cm³/mol. The van der Waals surface area contributed by atoms with Crippen molar-refractivity contribution in [3.8, 4) is 0 Å². The van der Waals surface area contributed by atoms with E-state index in [1.807, 2.05) is 6.92 Å². The standard InChI is InChI=1S/C13H19NO3/c1-9-7-14(8-11(9)13(16)17)12(15)10-5-3-2-4-6-10/h2-3,9-11H,4-8H2,1H3,(H,16,17). The van der Waals surface area contributed by atoms with Crippen LogP contribution in [0.25, 0.3) is 0 Å². The number of carboxylic acid groups (broad SMARTS) is 1. The first-order valence-electron chi connectivity index (χ1n) is 6.26. The first kappa shape index (κ1) is 12.1. The van der Waals surface area contributed by atoms with Gasteiger partial charge in [-0.25, -0.2) is 0 Å². The molecule has 3 unspecified atom stereocenters. The number of carbonyl (C=O) groups excluding carboxylic acids is 1. The Morgan fingerprint density at radius 1 is 1.29 bits per heavy atom. The van der Waals surface area contributed by atoms with Crippen LogP contribution in [0.5, 0.6) is 0 Å². The topological polar surface area (TPSA) is 57.6 Å². The molecule has 1 saturated heterocycles. The van der Waals surface area contributed by atoms with Gasteiger partial charge in [-0.1, -0.05) is 19.1 Å². The fourth-order valence-corrected chi connectivity index (χ4v) is 2.74. The van der Waals surface area contributed by atoms with Crippen LogP contribution in [-0.2, 0) is 9.59 Å². The molecule has 4 heteroatoms. The molecule has 1 N–H and O–H groups in total. The maximum atomic E-state index is 12.2. The smallest absolute Gasteiger partial charge is 0.308 e. The molecule has 17 heavy (non-hydrogen) atoms. The first-order valence-corrected chi connectivity index (χ1v) is 6.26. The molecule has 4 nitrogen and oxygen atoms in total. The Bertz CT molecular complexity index is 351. The van der Waals surface area contributed by atoms with Gasteiger partial charge in [-0.05, 0) is 25.2 Å². The molecule has 2 aliphatic rings. The zero-order valence-corrected chi connectivity index (χ0v) is 10.1. The number of carbonyl (C=O) groups is 2. The first-order chi connectivity index (χ1) is 8.09. The lowest BCUT2D eigenvalue weighted by atomic mass is 9.93. The zero-order valence-electron chi connectivity index (χ0n) is 10.1. The Kier molecular flexibility index (Phi) is 3.50. The van der Waals surface area contributed by atoms with Gasteiger partial charge in [-0.2, -0.15) is 0 Å². The summed E-state index contributed by atoms with van der Waals surface area (Å²) in [5.74, 6) is -0.894. The van der Waals surface area contributed by atoms with E-state index >= 15 is 0 Å². The average Bonchev–Trinajstić information content (AvgIpc) is 2.71. The summed E-state index contributed by atoms with van der Waals surface area (Å²) in [6.45, 7) is 2.89. The lowest BCUT2D eigenvalue weighted by molar-refractivity contribution is -0.142. The predicted octanol–water partition coefficient (Wildman–Crippen LogP) is 1.52. The molecule has 94 valence electrons. The van der Waals surface area contributed by atoms with E-state index in [0.29, 0.717) is 13.1 Å². The normalized spacial score (nSPS) is 32.8. The average molecular weight is 237 g/mol. The number of hydrogen-bond donors (Lipinski definition) is 1. The third kappa shape index (κ3) is 2.51. The molecule has 1 fully saturated rings. The van der Waals surface area contributed by atoms with Gasteiger partial charge < -0.3 is 10.0 Å². The number of rotatable bonds is 2.